The second-order valence-electron chi connectivity index (χ2n) is 7.24. The van der Waals surface area contributed by atoms with Crippen LogP contribution in [0.25, 0.3) is 0 Å². The van der Waals surface area contributed by atoms with Crippen molar-refractivity contribution in [3.63, 3.8) is 0 Å². The third kappa shape index (κ3) is 4.75. The van der Waals surface area contributed by atoms with Crippen LogP contribution in [0.1, 0.15) is 33.1 Å². The van der Waals surface area contributed by atoms with Crippen molar-refractivity contribution >= 4 is 29.0 Å². The fourth-order valence-corrected chi connectivity index (χ4v) is 3.40. The van der Waals surface area contributed by atoms with Gasteiger partial charge >= 0.3 is 5.69 Å². The molecule has 0 aliphatic carbocycles. The van der Waals surface area contributed by atoms with Crippen LogP contribution >= 0.6 is 11.6 Å². The lowest BCUT2D eigenvalue weighted by atomic mass is 10.2. The SMILES string of the molecule is Cc1onc(C(=O)Nc2cc(C)n(Cc3ccc(F)cc3Cl)n2)c1Cn1cc([N+](=O)[O-])cn1. The molecule has 0 atom stereocenters. The maximum atomic E-state index is 13.3. The number of anilines is 1. The second-order valence-corrected chi connectivity index (χ2v) is 7.64. The van der Waals surface area contributed by atoms with Crippen molar-refractivity contribution in [1.82, 2.24) is 24.7 Å². The van der Waals surface area contributed by atoms with Gasteiger partial charge < -0.3 is 9.84 Å². The molecule has 3 heterocycles. The number of carbonyl (C=O) groups excluding carboxylic acids is 1. The van der Waals surface area contributed by atoms with Gasteiger partial charge in [0.1, 0.15) is 24.0 Å². The maximum absolute atomic E-state index is 13.3. The smallest absolute Gasteiger partial charge is 0.307 e. The lowest BCUT2D eigenvalue weighted by Crippen LogP contribution is -2.16. The molecule has 0 aliphatic rings. The van der Waals surface area contributed by atoms with Crippen LogP contribution < -0.4 is 5.32 Å². The first-order chi connectivity index (χ1) is 15.7. The zero-order valence-electron chi connectivity index (χ0n) is 17.5. The van der Waals surface area contributed by atoms with Gasteiger partial charge in [0.2, 0.25) is 0 Å². The standard InChI is InChI=1S/C20H17ClFN7O4/c1-11-5-18(25-28(11)8-13-3-4-14(22)6-17(13)21)24-20(30)19-16(12(2)33-26-19)10-27-9-15(7-23-27)29(31)32/h3-7,9H,8,10H2,1-2H3,(H,24,25,30). The Balaban J connectivity index is 1.51. The number of nitrogens with zero attached hydrogens (tertiary/aromatic N) is 6. The summed E-state index contributed by atoms with van der Waals surface area (Å²) < 4.78 is 21.4. The number of aromatic nitrogens is 5. The van der Waals surface area contributed by atoms with Gasteiger partial charge in [0.05, 0.1) is 18.0 Å². The zero-order valence-corrected chi connectivity index (χ0v) is 18.2. The molecule has 0 radical (unpaired) electrons. The summed E-state index contributed by atoms with van der Waals surface area (Å²) in [5.74, 6) is -0.340. The van der Waals surface area contributed by atoms with E-state index in [1.165, 1.54) is 23.0 Å². The molecule has 1 N–H and O–H groups in total. The van der Waals surface area contributed by atoms with E-state index in [0.29, 0.717) is 16.9 Å². The van der Waals surface area contributed by atoms with E-state index >= 15 is 0 Å². The summed E-state index contributed by atoms with van der Waals surface area (Å²) in [6, 6.07) is 5.77. The van der Waals surface area contributed by atoms with Gasteiger partial charge in [-0.25, -0.2) is 4.39 Å². The Kier molecular flexibility index (Phi) is 5.92. The molecule has 1 amide bonds. The number of halogens is 2. The number of rotatable bonds is 7. The van der Waals surface area contributed by atoms with Gasteiger partial charge in [-0.05, 0) is 31.5 Å². The molecule has 0 spiro atoms. The molecule has 33 heavy (non-hydrogen) atoms. The zero-order chi connectivity index (χ0) is 23.7. The van der Waals surface area contributed by atoms with E-state index in [2.05, 4.69) is 20.7 Å². The molecule has 0 saturated heterocycles. The fraction of sp³-hybridized carbons (Fsp3) is 0.200. The van der Waals surface area contributed by atoms with Crippen molar-refractivity contribution in [2.45, 2.75) is 26.9 Å². The van der Waals surface area contributed by atoms with Crippen LogP contribution in [0, 0.1) is 29.8 Å². The van der Waals surface area contributed by atoms with Crippen LogP contribution in [0.15, 0.2) is 41.2 Å². The summed E-state index contributed by atoms with van der Waals surface area (Å²) in [7, 11) is 0. The number of nitro groups is 1. The highest BCUT2D eigenvalue weighted by molar-refractivity contribution is 6.31. The van der Waals surface area contributed by atoms with Gasteiger partial charge in [0.15, 0.2) is 11.5 Å². The summed E-state index contributed by atoms with van der Waals surface area (Å²) in [6.45, 7) is 3.77. The number of amides is 1. The Morgan fingerprint density at radius 2 is 2.09 bits per heavy atom. The van der Waals surface area contributed by atoms with Crippen LogP contribution in [-0.2, 0) is 13.1 Å². The van der Waals surface area contributed by atoms with Crippen LogP contribution in [-0.4, -0.2) is 35.5 Å². The van der Waals surface area contributed by atoms with Gasteiger partial charge in [0, 0.05) is 22.3 Å². The molecular weight excluding hydrogens is 457 g/mol. The lowest BCUT2D eigenvalue weighted by molar-refractivity contribution is -0.385. The van der Waals surface area contributed by atoms with Gasteiger partial charge in [-0.3, -0.25) is 24.3 Å². The van der Waals surface area contributed by atoms with Gasteiger partial charge in [-0.15, -0.1) is 0 Å². The van der Waals surface area contributed by atoms with E-state index in [9.17, 15) is 19.3 Å². The number of hydrogen-bond acceptors (Lipinski definition) is 7. The minimum Gasteiger partial charge on any atom is -0.361 e. The van der Waals surface area contributed by atoms with Gasteiger partial charge in [-0.2, -0.15) is 10.2 Å². The third-order valence-electron chi connectivity index (χ3n) is 4.91. The van der Waals surface area contributed by atoms with Gasteiger partial charge in [-0.1, -0.05) is 22.8 Å². The van der Waals surface area contributed by atoms with Crippen molar-refractivity contribution in [3.05, 3.63) is 85.9 Å². The molecule has 0 saturated carbocycles. The van der Waals surface area contributed by atoms with E-state index in [1.54, 1.807) is 30.7 Å². The Bertz CT molecular complexity index is 1360. The molecule has 0 fully saturated rings. The van der Waals surface area contributed by atoms with Crippen LogP contribution in [0.3, 0.4) is 0 Å². The number of aryl methyl sites for hydroxylation is 2. The first kappa shape index (κ1) is 22.1. The molecule has 0 unspecified atom stereocenters. The molecule has 11 nitrogen and oxygen atoms in total. The first-order valence-electron chi connectivity index (χ1n) is 9.63. The summed E-state index contributed by atoms with van der Waals surface area (Å²) in [4.78, 5) is 23.1. The monoisotopic (exact) mass is 473 g/mol. The van der Waals surface area contributed by atoms with E-state index in [4.69, 9.17) is 16.1 Å². The molecule has 0 bridgehead atoms. The van der Waals surface area contributed by atoms with E-state index < -0.39 is 16.6 Å². The molecule has 1 aromatic carbocycles. The van der Waals surface area contributed by atoms with Crippen molar-refractivity contribution in [1.29, 1.82) is 0 Å². The quantitative estimate of drug-likeness (QED) is 0.319. The van der Waals surface area contributed by atoms with Crippen molar-refractivity contribution in [2.24, 2.45) is 0 Å². The topological polar surface area (TPSA) is 134 Å². The number of nitrogens with one attached hydrogen (secondary N) is 1. The minimum atomic E-state index is -0.562. The van der Waals surface area contributed by atoms with Crippen molar-refractivity contribution in [2.75, 3.05) is 5.32 Å². The van der Waals surface area contributed by atoms with Crippen LogP contribution in [0.2, 0.25) is 5.02 Å². The molecule has 13 heteroatoms. The highest BCUT2D eigenvalue weighted by atomic mass is 35.5. The third-order valence-corrected chi connectivity index (χ3v) is 5.26. The first-order valence-corrected chi connectivity index (χ1v) is 10.0. The van der Waals surface area contributed by atoms with Crippen molar-refractivity contribution in [3.8, 4) is 0 Å². The lowest BCUT2D eigenvalue weighted by Gasteiger charge is -2.07. The summed E-state index contributed by atoms with van der Waals surface area (Å²) in [6.07, 6.45) is 2.37. The molecule has 170 valence electrons. The highest BCUT2D eigenvalue weighted by Gasteiger charge is 2.22. The minimum absolute atomic E-state index is 0.0134. The Morgan fingerprint density at radius 1 is 1.30 bits per heavy atom. The van der Waals surface area contributed by atoms with Crippen molar-refractivity contribution < 1.29 is 18.6 Å². The molecule has 4 rings (SSSR count). The Morgan fingerprint density at radius 3 is 2.79 bits per heavy atom. The predicted octanol–water partition coefficient (Wildman–Crippen LogP) is 3.73. The second kappa shape index (κ2) is 8.82. The number of benzene rings is 1. The molecule has 0 aliphatic heterocycles. The average Bonchev–Trinajstić information content (AvgIpc) is 3.45. The molecular formula is C20H17ClFN7O4. The summed E-state index contributed by atoms with van der Waals surface area (Å²) in [5.41, 5.74) is 1.69. The molecule has 4 aromatic rings. The largest absolute Gasteiger partial charge is 0.361 e. The van der Waals surface area contributed by atoms with Crippen LogP contribution in [0.5, 0.6) is 0 Å². The average molecular weight is 474 g/mol. The Labute approximate surface area is 190 Å². The summed E-state index contributed by atoms with van der Waals surface area (Å²) >= 11 is 6.09. The van der Waals surface area contributed by atoms with E-state index in [0.717, 1.165) is 11.9 Å². The normalized spacial score (nSPS) is 11.0. The van der Waals surface area contributed by atoms with Crippen LogP contribution in [0.4, 0.5) is 15.9 Å². The Hall–Kier alpha value is -4.06. The van der Waals surface area contributed by atoms with E-state index in [-0.39, 0.29) is 35.3 Å². The van der Waals surface area contributed by atoms with E-state index in [1.807, 2.05) is 0 Å². The number of hydrogen-bond donors (Lipinski definition) is 1. The maximum Gasteiger partial charge on any atom is 0.307 e. The number of carbonyl (C=O) groups is 1. The predicted molar refractivity (Wildman–Crippen MR) is 115 cm³/mol. The fourth-order valence-electron chi connectivity index (χ4n) is 3.17. The highest BCUT2D eigenvalue weighted by Crippen LogP contribution is 2.21. The molecule has 3 aromatic heterocycles. The summed E-state index contributed by atoms with van der Waals surface area (Å²) in [5, 5.41) is 25.9. The van der Waals surface area contributed by atoms with Gasteiger partial charge in [0.25, 0.3) is 5.91 Å².